The van der Waals surface area contributed by atoms with Crippen LogP contribution in [-0.4, -0.2) is 36.6 Å². The summed E-state index contributed by atoms with van der Waals surface area (Å²) >= 11 is 1.23. The molecule has 0 saturated heterocycles. The van der Waals surface area contributed by atoms with Crippen molar-refractivity contribution in [3.63, 3.8) is 0 Å². The van der Waals surface area contributed by atoms with Gasteiger partial charge in [0, 0.05) is 22.1 Å². The Bertz CT molecular complexity index is 1290. The highest BCUT2D eigenvalue weighted by atomic mass is 32.2. The normalized spacial score (nSPS) is 10.4. The zero-order valence-electron chi connectivity index (χ0n) is 21.5. The fraction of sp³-hybridized carbons (Fsp3) is 0.259. The molecule has 0 atom stereocenters. The van der Waals surface area contributed by atoms with Crippen LogP contribution in [0.3, 0.4) is 0 Å². The van der Waals surface area contributed by atoms with Crippen LogP contribution in [0.25, 0.3) is 0 Å². The third kappa shape index (κ3) is 7.16. The van der Waals surface area contributed by atoms with Gasteiger partial charge < -0.3 is 14.2 Å². The van der Waals surface area contributed by atoms with E-state index in [0.717, 1.165) is 10.5 Å². The van der Waals surface area contributed by atoms with Crippen LogP contribution in [0.4, 0.5) is 5.69 Å². The average molecular weight is 540 g/mol. The smallest absolute Gasteiger partial charge is 0.284 e. The summed E-state index contributed by atoms with van der Waals surface area (Å²) in [7, 11) is 0. The number of carbonyl (C=O) groups excluding carboxylic acids is 2. The SMILES string of the molecule is CCOc1cc(C(=O)NNC(=O)c2ccc(Sc3ccc(C)cc3)c([N+](=O)[O-])c2)cc(OCC)c1OCC. The van der Waals surface area contributed by atoms with Crippen molar-refractivity contribution in [2.45, 2.75) is 37.5 Å². The maximum absolute atomic E-state index is 12.8. The Morgan fingerprint density at radius 3 is 1.89 bits per heavy atom. The van der Waals surface area contributed by atoms with Crippen LogP contribution in [0.1, 0.15) is 47.1 Å². The molecule has 3 aromatic rings. The van der Waals surface area contributed by atoms with E-state index in [1.807, 2.05) is 38.1 Å². The van der Waals surface area contributed by atoms with Crippen molar-refractivity contribution in [1.82, 2.24) is 10.9 Å². The number of nitrogens with zero attached hydrogens (tertiary/aromatic N) is 1. The summed E-state index contributed by atoms with van der Waals surface area (Å²) in [6.07, 6.45) is 0. The van der Waals surface area contributed by atoms with E-state index in [1.54, 1.807) is 13.8 Å². The van der Waals surface area contributed by atoms with Crippen LogP contribution in [0.15, 0.2) is 64.4 Å². The maximum Gasteiger partial charge on any atom is 0.284 e. The van der Waals surface area contributed by atoms with Crippen molar-refractivity contribution in [2.75, 3.05) is 19.8 Å². The first-order valence-electron chi connectivity index (χ1n) is 12.0. The molecule has 11 heteroatoms. The monoisotopic (exact) mass is 539 g/mol. The second kappa shape index (κ2) is 13.3. The van der Waals surface area contributed by atoms with E-state index in [1.165, 1.54) is 42.1 Å². The van der Waals surface area contributed by atoms with E-state index in [9.17, 15) is 19.7 Å². The highest BCUT2D eigenvalue weighted by molar-refractivity contribution is 7.99. The lowest BCUT2D eigenvalue weighted by Gasteiger charge is -2.17. The summed E-state index contributed by atoms with van der Waals surface area (Å²) in [6, 6.07) is 14.7. The fourth-order valence-electron chi connectivity index (χ4n) is 3.40. The van der Waals surface area contributed by atoms with Gasteiger partial charge in [0.1, 0.15) is 0 Å². The van der Waals surface area contributed by atoms with Crippen molar-refractivity contribution < 1.29 is 28.7 Å². The van der Waals surface area contributed by atoms with Gasteiger partial charge in [-0.2, -0.15) is 0 Å². The molecule has 0 fully saturated rings. The molecule has 0 radical (unpaired) electrons. The first-order valence-corrected chi connectivity index (χ1v) is 12.8. The maximum atomic E-state index is 12.8. The molecular formula is C27H29N3O7S. The summed E-state index contributed by atoms with van der Waals surface area (Å²) in [5.41, 5.74) is 5.67. The van der Waals surface area contributed by atoms with Crippen molar-refractivity contribution in [3.8, 4) is 17.2 Å². The van der Waals surface area contributed by atoms with Crippen molar-refractivity contribution in [3.05, 3.63) is 81.4 Å². The van der Waals surface area contributed by atoms with Crippen LogP contribution < -0.4 is 25.1 Å². The van der Waals surface area contributed by atoms with E-state index in [0.29, 0.717) is 42.0 Å². The number of amides is 2. The van der Waals surface area contributed by atoms with Crippen LogP contribution in [0.5, 0.6) is 17.2 Å². The van der Waals surface area contributed by atoms with Gasteiger partial charge in [-0.25, -0.2) is 0 Å². The number of benzene rings is 3. The van der Waals surface area contributed by atoms with Gasteiger partial charge >= 0.3 is 0 Å². The van der Waals surface area contributed by atoms with Crippen LogP contribution in [0.2, 0.25) is 0 Å². The number of aryl methyl sites for hydroxylation is 1. The Balaban J connectivity index is 1.77. The summed E-state index contributed by atoms with van der Waals surface area (Å²) in [4.78, 5) is 37.9. The first kappa shape index (κ1) is 28.3. The number of ether oxygens (including phenoxy) is 3. The molecule has 0 heterocycles. The Kier molecular flexibility index (Phi) is 9.94. The highest BCUT2D eigenvalue weighted by Crippen LogP contribution is 2.39. The van der Waals surface area contributed by atoms with Gasteiger partial charge in [0.2, 0.25) is 5.75 Å². The topological polar surface area (TPSA) is 129 Å². The molecule has 0 aliphatic rings. The zero-order valence-corrected chi connectivity index (χ0v) is 22.3. The van der Waals surface area contributed by atoms with Gasteiger partial charge in [-0.15, -0.1) is 0 Å². The number of nitro benzene ring substituents is 1. The second-order valence-electron chi connectivity index (χ2n) is 7.86. The molecule has 0 saturated carbocycles. The number of hydrogen-bond acceptors (Lipinski definition) is 8. The minimum Gasteiger partial charge on any atom is -0.490 e. The fourth-order valence-corrected chi connectivity index (χ4v) is 4.30. The number of rotatable bonds is 11. The lowest BCUT2D eigenvalue weighted by molar-refractivity contribution is -0.387. The average Bonchev–Trinajstić information content (AvgIpc) is 2.90. The Labute approximate surface area is 224 Å². The molecule has 2 amide bonds. The molecule has 10 nitrogen and oxygen atoms in total. The van der Waals surface area contributed by atoms with Gasteiger partial charge in [0.25, 0.3) is 17.5 Å². The number of hydrogen-bond donors (Lipinski definition) is 2. The van der Waals surface area contributed by atoms with Crippen LogP contribution in [-0.2, 0) is 0 Å². The van der Waals surface area contributed by atoms with Gasteiger partial charge in [-0.3, -0.25) is 30.6 Å². The third-order valence-electron chi connectivity index (χ3n) is 5.13. The molecule has 38 heavy (non-hydrogen) atoms. The molecule has 0 aliphatic carbocycles. The van der Waals surface area contributed by atoms with Gasteiger partial charge in [-0.1, -0.05) is 29.5 Å². The minimum atomic E-state index is -0.714. The van der Waals surface area contributed by atoms with E-state index in [2.05, 4.69) is 10.9 Å². The Morgan fingerprint density at radius 1 is 0.816 bits per heavy atom. The lowest BCUT2D eigenvalue weighted by Crippen LogP contribution is -2.41. The number of carbonyl (C=O) groups is 2. The van der Waals surface area contributed by atoms with Gasteiger partial charge in [-0.05, 0) is 64.1 Å². The molecule has 2 N–H and O–H groups in total. The van der Waals surface area contributed by atoms with Crippen molar-refractivity contribution in [1.29, 1.82) is 0 Å². The second-order valence-corrected chi connectivity index (χ2v) is 8.98. The van der Waals surface area contributed by atoms with Crippen molar-refractivity contribution in [2.24, 2.45) is 0 Å². The third-order valence-corrected chi connectivity index (χ3v) is 6.20. The molecule has 0 unspecified atom stereocenters. The quantitative estimate of drug-likeness (QED) is 0.247. The predicted octanol–water partition coefficient (Wildman–Crippen LogP) is 5.33. The van der Waals surface area contributed by atoms with Gasteiger partial charge in [0.15, 0.2) is 11.5 Å². The predicted molar refractivity (Wildman–Crippen MR) is 143 cm³/mol. The summed E-state index contributed by atoms with van der Waals surface area (Å²) in [6.45, 7) is 8.42. The molecule has 3 aromatic carbocycles. The Morgan fingerprint density at radius 2 is 1.37 bits per heavy atom. The van der Waals surface area contributed by atoms with Crippen LogP contribution in [0, 0.1) is 17.0 Å². The summed E-state index contributed by atoms with van der Waals surface area (Å²) < 4.78 is 16.9. The highest BCUT2D eigenvalue weighted by Gasteiger charge is 2.21. The van der Waals surface area contributed by atoms with E-state index in [-0.39, 0.29) is 16.8 Å². The molecule has 200 valence electrons. The standard InChI is InChI=1S/C27H29N3O7S/c1-5-35-22-15-19(16-23(36-6-2)25(22)37-7-3)27(32)29-28-26(31)18-10-13-24(21(14-18)30(33)34)38-20-11-8-17(4)9-12-20/h8-16H,5-7H2,1-4H3,(H,28,31)(H,29,32). The molecule has 0 aromatic heterocycles. The molecule has 0 bridgehead atoms. The zero-order chi connectivity index (χ0) is 27.7. The molecule has 0 aliphatic heterocycles. The van der Waals surface area contributed by atoms with Crippen LogP contribution >= 0.6 is 11.8 Å². The lowest BCUT2D eigenvalue weighted by atomic mass is 10.1. The summed E-state index contributed by atoms with van der Waals surface area (Å²) in [5.74, 6) is -0.311. The van der Waals surface area contributed by atoms with E-state index < -0.39 is 16.7 Å². The number of nitro groups is 1. The minimum absolute atomic E-state index is 0.0157. The molecule has 0 spiro atoms. The first-order chi connectivity index (χ1) is 18.3. The summed E-state index contributed by atoms with van der Waals surface area (Å²) in [5, 5.41) is 11.7. The molecule has 3 rings (SSSR count). The largest absolute Gasteiger partial charge is 0.490 e. The number of nitrogens with one attached hydrogen (secondary N) is 2. The van der Waals surface area contributed by atoms with E-state index in [4.69, 9.17) is 14.2 Å². The Hall–Kier alpha value is -4.25. The van der Waals surface area contributed by atoms with Gasteiger partial charge in [0.05, 0.1) is 29.6 Å². The molecular weight excluding hydrogens is 510 g/mol. The number of hydrazine groups is 1. The van der Waals surface area contributed by atoms with Crippen molar-refractivity contribution >= 4 is 29.3 Å². The van der Waals surface area contributed by atoms with E-state index >= 15 is 0 Å².